The van der Waals surface area contributed by atoms with Crippen LogP contribution in [0.15, 0.2) is 18.2 Å². The molecule has 0 aromatic heterocycles. The van der Waals surface area contributed by atoms with Gasteiger partial charge in [0.05, 0.1) is 6.54 Å². The third-order valence-electron chi connectivity index (χ3n) is 3.85. The number of imide groups is 1. The largest absolute Gasteiger partial charge is 0.338 e. The Morgan fingerprint density at radius 2 is 1.74 bits per heavy atom. The van der Waals surface area contributed by atoms with Crippen molar-refractivity contribution in [2.75, 3.05) is 13.1 Å². The van der Waals surface area contributed by atoms with Crippen LogP contribution >= 0.6 is 0 Å². The Balaban J connectivity index is 1.99. The number of carbonyl (C=O) groups excluding carboxylic acids is 3. The quantitative estimate of drug-likeness (QED) is 0.751. The Labute approximate surface area is 132 Å². The van der Waals surface area contributed by atoms with Gasteiger partial charge >= 0.3 is 0 Å². The normalized spacial score (nSPS) is 14.5. The minimum absolute atomic E-state index is 0.00670. The maximum absolute atomic E-state index is 13.7. The molecule has 124 valence electrons. The van der Waals surface area contributed by atoms with Gasteiger partial charge in [-0.05, 0) is 19.1 Å². The zero-order chi connectivity index (χ0) is 17.0. The van der Waals surface area contributed by atoms with Crippen LogP contribution < -0.4 is 0 Å². The Morgan fingerprint density at radius 1 is 1.17 bits per heavy atom. The summed E-state index contributed by atoms with van der Waals surface area (Å²) in [5.74, 6) is -2.35. The molecule has 1 fully saturated rings. The van der Waals surface area contributed by atoms with Crippen molar-refractivity contribution in [3.8, 4) is 0 Å². The van der Waals surface area contributed by atoms with Gasteiger partial charge in [-0.1, -0.05) is 6.07 Å². The Bertz CT molecular complexity index is 598. The Kier molecular flexibility index (Phi) is 5.41. The van der Waals surface area contributed by atoms with E-state index in [9.17, 15) is 23.2 Å². The molecular weight excluding hydrogens is 306 g/mol. The molecule has 1 heterocycles. The molecule has 0 radical (unpaired) electrons. The van der Waals surface area contributed by atoms with E-state index < -0.39 is 11.6 Å². The number of amides is 3. The molecule has 0 atom stereocenters. The summed E-state index contributed by atoms with van der Waals surface area (Å²) in [6.07, 6.45) is 0.289. The SMILES string of the molecule is CCN(Cc1c(F)cccc1F)C(=O)CCN1C(=O)CCC1=O. The van der Waals surface area contributed by atoms with E-state index in [1.54, 1.807) is 6.92 Å². The zero-order valence-electron chi connectivity index (χ0n) is 12.8. The van der Waals surface area contributed by atoms with Gasteiger partial charge in [-0.25, -0.2) is 8.78 Å². The summed E-state index contributed by atoms with van der Waals surface area (Å²) in [4.78, 5) is 37.6. The van der Waals surface area contributed by atoms with E-state index in [-0.39, 0.29) is 62.2 Å². The topological polar surface area (TPSA) is 57.7 Å². The predicted octanol–water partition coefficient (Wildman–Crippen LogP) is 1.85. The lowest BCUT2D eigenvalue weighted by Crippen LogP contribution is -2.36. The third kappa shape index (κ3) is 3.91. The van der Waals surface area contributed by atoms with Gasteiger partial charge in [0.15, 0.2) is 0 Å². The first-order valence-electron chi connectivity index (χ1n) is 7.48. The van der Waals surface area contributed by atoms with Crippen LogP contribution in [0, 0.1) is 11.6 Å². The van der Waals surface area contributed by atoms with Gasteiger partial charge in [0, 0.05) is 37.9 Å². The van der Waals surface area contributed by atoms with Crippen LogP contribution in [-0.2, 0) is 20.9 Å². The molecule has 0 N–H and O–H groups in total. The summed E-state index contributed by atoms with van der Waals surface area (Å²) in [5.41, 5.74) is -0.170. The lowest BCUT2D eigenvalue weighted by Gasteiger charge is -2.23. The summed E-state index contributed by atoms with van der Waals surface area (Å²) in [6.45, 7) is 1.79. The first-order valence-corrected chi connectivity index (χ1v) is 7.48. The van der Waals surface area contributed by atoms with Crippen molar-refractivity contribution in [2.24, 2.45) is 0 Å². The van der Waals surface area contributed by atoms with Crippen LogP contribution in [0.25, 0.3) is 0 Å². The van der Waals surface area contributed by atoms with Gasteiger partial charge in [0.25, 0.3) is 0 Å². The first-order chi connectivity index (χ1) is 10.9. The molecule has 0 aliphatic carbocycles. The van der Waals surface area contributed by atoms with Crippen molar-refractivity contribution >= 4 is 17.7 Å². The number of halogens is 2. The molecule has 5 nitrogen and oxygen atoms in total. The summed E-state index contributed by atoms with van der Waals surface area (Å²) in [7, 11) is 0. The highest BCUT2D eigenvalue weighted by Gasteiger charge is 2.29. The molecule has 7 heteroatoms. The van der Waals surface area contributed by atoms with Gasteiger partial charge in [0.2, 0.25) is 17.7 Å². The van der Waals surface area contributed by atoms with E-state index in [0.717, 1.165) is 17.0 Å². The van der Waals surface area contributed by atoms with Crippen molar-refractivity contribution in [2.45, 2.75) is 32.7 Å². The lowest BCUT2D eigenvalue weighted by molar-refractivity contribution is -0.139. The van der Waals surface area contributed by atoms with Gasteiger partial charge < -0.3 is 4.90 Å². The Morgan fingerprint density at radius 3 is 2.26 bits per heavy atom. The highest BCUT2D eigenvalue weighted by Crippen LogP contribution is 2.16. The fraction of sp³-hybridized carbons (Fsp3) is 0.438. The summed E-state index contributed by atoms with van der Waals surface area (Å²) >= 11 is 0. The monoisotopic (exact) mass is 324 g/mol. The van der Waals surface area contributed by atoms with Crippen molar-refractivity contribution < 1.29 is 23.2 Å². The number of rotatable bonds is 6. The average Bonchev–Trinajstić information content (AvgIpc) is 2.83. The second-order valence-electron chi connectivity index (χ2n) is 5.30. The molecular formula is C16H18F2N2O3. The molecule has 1 aromatic rings. The van der Waals surface area contributed by atoms with E-state index >= 15 is 0 Å². The molecule has 3 amide bonds. The number of nitrogens with zero attached hydrogens (tertiary/aromatic N) is 2. The highest BCUT2D eigenvalue weighted by molar-refractivity contribution is 6.02. The van der Waals surface area contributed by atoms with Crippen LogP contribution in [0.4, 0.5) is 8.78 Å². The van der Waals surface area contributed by atoms with E-state index in [4.69, 9.17) is 0 Å². The maximum Gasteiger partial charge on any atom is 0.229 e. The first kappa shape index (κ1) is 17.1. The van der Waals surface area contributed by atoms with Gasteiger partial charge in [-0.2, -0.15) is 0 Å². The molecule has 1 aromatic carbocycles. The molecule has 0 bridgehead atoms. The molecule has 0 saturated carbocycles. The second-order valence-corrected chi connectivity index (χ2v) is 5.30. The van der Waals surface area contributed by atoms with E-state index in [1.807, 2.05) is 0 Å². The third-order valence-corrected chi connectivity index (χ3v) is 3.85. The van der Waals surface area contributed by atoms with Crippen molar-refractivity contribution in [3.63, 3.8) is 0 Å². The van der Waals surface area contributed by atoms with Crippen LogP contribution in [0.5, 0.6) is 0 Å². The molecule has 1 saturated heterocycles. The average molecular weight is 324 g/mol. The Hall–Kier alpha value is -2.31. The van der Waals surface area contributed by atoms with E-state index in [0.29, 0.717) is 0 Å². The van der Waals surface area contributed by atoms with Crippen LogP contribution in [0.3, 0.4) is 0 Å². The lowest BCUT2D eigenvalue weighted by atomic mass is 10.1. The van der Waals surface area contributed by atoms with Crippen molar-refractivity contribution in [3.05, 3.63) is 35.4 Å². The number of benzene rings is 1. The molecule has 23 heavy (non-hydrogen) atoms. The predicted molar refractivity (Wildman–Crippen MR) is 78.0 cm³/mol. The van der Waals surface area contributed by atoms with Gasteiger partial charge in [-0.15, -0.1) is 0 Å². The summed E-state index contributed by atoms with van der Waals surface area (Å²) < 4.78 is 27.3. The summed E-state index contributed by atoms with van der Waals surface area (Å²) in [5, 5.41) is 0. The molecule has 0 unspecified atom stereocenters. The molecule has 2 rings (SSSR count). The smallest absolute Gasteiger partial charge is 0.229 e. The summed E-state index contributed by atoms with van der Waals surface area (Å²) in [6, 6.07) is 3.54. The molecule has 1 aliphatic heterocycles. The number of carbonyl (C=O) groups is 3. The fourth-order valence-electron chi connectivity index (χ4n) is 2.49. The number of hydrogen-bond donors (Lipinski definition) is 0. The minimum atomic E-state index is -0.707. The van der Waals surface area contributed by atoms with Crippen LogP contribution in [-0.4, -0.2) is 40.6 Å². The number of hydrogen-bond acceptors (Lipinski definition) is 3. The second kappa shape index (κ2) is 7.30. The van der Waals surface area contributed by atoms with Crippen molar-refractivity contribution in [1.29, 1.82) is 0 Å². The zero-order valence-corrected chi connectivity index (χ0v) is 12.8. The molecule has 1 aliphatic rings. The van der Waals surface area contributed by atoms with E-state index in [1.165, 1.54) is 11.0 Å². The molecule has 0 spiro atoms. The van der Waals surface area contributed by atoms with E-state index in [2.05, 4.69) is 0 Å². The highest BCUT2D eigenvalue weighted by atomic mass is 19.1. The van der Waals surface area contributed by atoms with Crippen LogP contribution in [0.1, 0.15) is 31.7 Å². The minimum Gasteiger partial charge on any atom is -0.338 e. The number of likely N-dealkylation sites (tertiary alicyclic amines) is 1. The van der Waals surface area contributed by atoms with Crippen molar-refractivity contribution in [1.82, 2.24) is 9.80 Å². The fourth-order valence-corrected chi connectivity index (χ4v) is 2.49. The van der Waals surface area contributed by atoms with Crippen LogP contribution in [0.2, 0.25) is 0 Å². The van der Waals surface area contributed by atoms with Gasteiger partial charge in [-0.3, -0.25) is 19.3 Å². The van der Waals surface area contributed by atoms with Gasteiger partial charge in [0.1, 0.15) is 11.6 Å². The maximum atomic E-state index is 13.7. The standard InChI is InChI=1S/C16H18F2N2O3/c1-2-19(10-11-12(17)4-3-5-13(11)18)14(21)8-9-20-15(22)6-7-16(20)23/h3-5H,2,6-10H2,1H3.